The summed E-state index contributed by atoms with van der Waals surface area (Å²) in [6.07, 6.45) is 2.08. The number of carbonyl (C=O) groups excluding carboxylic acids is 1. The first kappa shape index (κ1) is 14.4. The lowest BCUT2D eigenvalue weighted by Gasteiger charge is -2.24. The van der Waals surface area contributed by atoms with Crippen LogP contribution in [0.25, 0.3) is 0 Å². The smallest absolute Gasteiger partial charge is 0.124 e. The molecule has 21 heavy (non-hydrogen) atoms. The molecule has 0 bridgehead atoms. The molecule has 0 saturated heterocycles. The van der Waals surface area contributed by atoms with Crippen LogP contribution in [0.5, 0.6) is 0 Å². The lowest BCUT2D eigenvalue weighted by Crippen LogP contribution is -2.26. The fourth-order valence-corrected chi connectivity index (χ4v) is 3.91. The number of carbonyl (C=O) groups is 1. The normalized spacial score (nSPS) is 24.0. The summed E-state index contributed by atoms with van der Waals surface area (Å²) >= 11 is 1.74. The van der Waals surface area contributed by atoms with Gasteiger partial charge in [0, 0.05) is 22.8 Å². The second kappa shape index (κ2) is 6.04. The van der Waals surface area contributed by atoms with Crippen LogP contribution < -0.4 is 0 Å². The molecule has 0 amide bonds. The van der Waals surface area contributed by atoms with Crippen LogP contribution >= 0.6 is 11.9 Å². The van der Waals surface area contributed by atoms with Gasteiger partial charge in [0.05, 0.1) is 0 Å². The van der Waals surface area contributed by atoms with Crippen molar-refractivity contribution in [2.24, 2.45) is 5.92 Å². The first-order chi connectivity index (χ1) is 10.2. The molecule has 2 nitrogen and oxygen atoms in total. The summed E-state index contributed by atoms with van der Waals surface area (Å²) < 4.78 is 2.24. The van der Waals surface area contributed by atoms with Crippen molar-refractivity contribution in [3.05, 3.63) is 66.2 Å². The molecule has 3 heteroatoms. The lowest BCUT2D eigenvalue weighted by atomic mass is 9.93. The Morgan fingerprint density at radius 3 is 2.33 bits per heavy atom. The highest BCUT2D eigenvalue weighted by Gasteiger charge is 2.55. The van der Waals surface area contributed by atoms with E-state index in [4.69, 9.17) is 0 Å². The molecule has 0 N–H and O–H groups in total. The van der Waals surface area contributed by atoms with Crippen molar-refractivity contribution in [2.75, 3.05) is 13.6 Å². The van der Waals surface area contributed by atoms with Crippen LogP contribution in [0.1, 0.15) is 12.0 Å². The molecule has 1 saturated carbocycles. The molecular formula is C18H19NOS. The SMILES string of the molecule is CN(CC1(c2ccccc2)CC1C=O)Sc1ccccc1. The third-order valence-corrected chi connectivity index (χ3v) is 5.08. The second-order valence-electron chi connectivity index (χ2n) is 5.66. The molecule has 2 unspecified atom stereocenters. The Labute approximate surface area is 130 Å². The summed E-state index contributed by atoms with van der Waals surface area (Å²) in [6, 6.07) is 20.8. The van der Waals surface area contributed by atoms with E-state index in [1.165, 1.54) is 10.5 Å². The van der Waals surface area contributed by atoms with E-state index in [0.717, 1.165) is 19.3 Å². The molecule has 0 aromatic heterocycles. The molecule has 3 rings (SSSR count). The van der Waals surface area contributed by atoms with Gasteiger partial charge in [-0.1, -0.05) is 48.5 Å². The van der Waals surface area contributed by atoms with E-state index in [-0.39, 0.29) is 11.3 Å². The molecule has 0 aliphatic heterocycles. The van der Waals surface area contributed by atoms with Crippen molar-refractivity contribution < 1.29 is 4.79 Å². The zero-order chi connectivity index (χ0) is 14.7. The van der Waals surface area contributed by atoms with Crippen LogP contribution in [0.3, 0.4) is 0 Å². The Hall–Kier alpha value is -1.58. The monoisotopic (exact) mass is 297 g/mol. The highest BCUT2D eigenvalue weighted by Crippen LogP contribution is 2.54. The van der Waals surface area contributed by atoms with Gasteiger partial charge in [-0.15, -0.1) is 0 Å². The summed E-state index contributed by atoms with van der Waals surface area (Å²) in [6.45, 7) is 0.889. The minimum Gasteiger partial charge on any atom is -0.303 e. The second-order valence-corrected chi connectivity index (χ2v) is 6.94. The van der Waals surface area contributed by atoms with Crippen LogP contribution in [0.15, 0.2) is 65.6 Å². The number of rotatable bonds is 6. The lowest BCUT2D eigenvalue weighted by molar-refractivity contribution is -0.109. The summed E-state index contributed by atoms with van der Waals surface area (Å²) in [5.74, 6) is 0.152. The van der Waals surface area contributed by atoms with Crippen molar-refractivity contribution in [3.63, 3.8) is 0 Å². The maximum atomic E-state index is 11.3. The first-order valence-corrected chi connectivity index (χ1v) is 7.97. The maximum Gasteiger partial charge on any atom is 0.124 e. The average molecular weight is 297 g/mol. The largest absolute Gasteiger partial charge is 0.303 e. The molecular weight excluding hydrogens is 278 g/mol. The molecule has 0 heterocycles. The van der Waals surface area contributed by atoms with Gasteiger partial charge in [0.2, 0.25) is 0 Å². The molecule has 1 fully saturated rings. The van der Waals surface area contributed by atoms with Crippen molar-refractivity contribution in [1.29, 1.82) is 0 Å². The first-order valence-electron chi connectivity index (χ1n) is 7.19. The minimum atomic E-state index is -0.000456. The fraction of sp³-hybridized carbons (Fsp3) is 0.278. The van der Waals surface area contributed by atoms with Crippen LogP contribution in [-0.4, -0.2) is 24.2 Å². The molecule has 0 radical (unpaired) electrons. The van der Waals surface area contributed by atoms with E-state index in [1.54, 1.807) is 11.9 Å². The fourth-order valence-electron chi connectivity index (χ4n) is 2.98. The number of hydrogen-bond acceptors (Lipinski definition) is 3. The quantitative estimate of drug-likeness (QED) is 0.598. The number of hydrogen-bond donors (Lipinski definition) is 0. The zero-order valence-corrected chi connectivity index (χ0v) is 12.9. The van der Waals surface area contributed by atoms with Gasteiger partial charge in [-0.25, -0.2) is 4.31 Å². The van der Waals surface area contributed by atoms with Gasteiger partial charge < -0.3 is 4.79 Å². The van der Waals surface area contributed by atoms with Crippen LogP contribution in [-0.2, 0) is 10.2 Å². The highest BCUT2D eigenvalue weighted by atomic mass is 32.2. The number of benzene rings is 2. The standard InChI is InChI=1S/C18H19NOS/c1-19(21-17-10-6-3-7-11-17)14-18(12-16(18)13-20)15-8-4-2-5-9-15/h2-11,13,16H,12,14H2,1H3. The average Bonchev–Trinajstić information content (AvgIpc) is 3.23. The molecule has 108 valence electrons. The third-order valence-electron chi connectivity index (χ3n) is 4.16. The van der Waals surface area contributed by atoms with E-state index in [0.29, 0.717) is 0 Å². The zero-order valence-electron chi connectivity index (χ0n) is 12.1. The van der Waals surface area contributed by atoms with Crippen LogP contribution in [0, 0.1) is 5.92 Å². The summed E-state index contributed by atoms with van der Waals surface area (Å²) in [5, 5.41) is 0. The van der Waals surface area contributed by atoms with E-state index in [1.807, 2.05) is 12.1 Å². The molecule has 2 aromatic carbocycles. The van der Waals surface area contributed by atoms with Gasteiger partial charge in [-0.3, -0.25) is 0 Å². The van der Waals surface area contributed by atoms with Gasteiger partial charge in [0.15, 0.2) is 0 Å². The summed E-state index contributed by atoms with van der Waals surface area (Å²) in [4.78, 5) is 12.5. The molecule has 0 spiro atoms. The van der Waals surface area contributed by atoms with Crippen molar-refractivity contribution in [1.82, 2.24) is 4.31 Å². The van der Waals surface area contributed by atoms with Crippen LogP contribution in [0.2, 0.25) is 0 Å². The molecule has 1 aliphatic carbocycles. The topological polar surface area (TPSA) is 20.3 Å². The van der Waals surface area contributed by atoms with E-state index in [9.17, 15) is 4.79 Å². The van der Waals surface area contributed by atoms with Gasteiger partial charge in [-0.05, 0) is 43.1 Å². The highest BCUT2D eigenvalue weighted by molar-refractivity contribution is 7.97. The molecule has 1 aliphatic rings. The third kappa shape index (κ3) is 3.04. The van der Waals surface area contributed by atoms with Gasteiger partial charge in [0.25, 0.3) is 0 Å². The Morgan fingerprint density at radius 2 is 1.76 bits per heavy atom. The minimum absolute atomic E-state index is 0.000456. The summed E-state index contributed by atoms with van der Waals surface area (Å²) in [7, 11) is 2.10. The van der Waals surface area contributed by atoms with Crippen molar-refractivity contribution in [3.8, 4) is 0 Å². The van der Waals surface area contributed by atoms with Gasteiger partial charge in [-0.2, -0.15) is 0 Å². The number of likely N-dealkylation sites (N-methyl/N-ethyl adjacent to an activating group) is 1. The van der Waals surface area contributed by atoms with E-state index < -0.39 is 0 Å². The molecule has 2 atom stereocenters. The Kier molecular flexibility index (Phi) is 4.13. The predicted octanol–water partition coefficient (Wildman–Crippen LogP) is 3.78. The van der Waals surface area contributed by atoms with Crippen LogP contribution in [0.4, 0.5) is 0 Å². The van der Waals surface area contributed by atoms with E-state index in [2.05, 4.69) is 59.9 Å². The van der Waals surface area contributed by atoms with Crippen molar-refractivity contribution >= 4 is 18.2 Å². The Bertz CT molecular complexity index is 601. The van der Waals surface area contributed by atoms with Gasteiger partial charge in [0.1, 0.15) is 6.29 Å². The molecule has 2 aromatic rings. The Morgan fingerprint density at radius 1 is 1.14 bits per heavy atom. The predicted molar refractivity (Wildman–Crippen MR) is 87.2 cm³/mol. The number of aldehydes is 1. The van der Waals surface area contributed by atoms with Crippen molar-refractivity contribution in [2.45, 2.75) is 16.7 Å². The summed E-state index contributed by atoms with van der Waals surface area (Å²) in [5.41, 5.74) is 1.28. The van der Waals surface area contributed by atoms with E-state index >= 15 is 0 Å². The van der Waals surface area contributed by atoms with Gasteiger partial charge >= 0.3 is 0 Å². The number of nitrogens with zero attached hydrogens (tertiary/aromatic N) is 1. The Balaban J connectivity index is 1.73. The maximum absolute atomic E-state index is 11.3.